The van der Waals surface area contributed by atoms with Crippen molar-refractivity contribution < 1.29 is 14.3 Å². The fraction of sp³-hybridized carbons (Fsp3) is 0.368. The first-order chi connectivity index (χ1) is 12.5. The SMILES string of the molecule is CCC1=CN=C2C(C(=O)N(C)C(=O)N2C)C1=NCc1ccc(OC)cc1. The van der Waals surface area contributed by atoms with Crippen LogP contribution in [0.5, 0.6) is 5.75 Å². The van der Waals surface area contributed by atoms with Crippen molar-refractivity contribution in [2.24, 2.45) is 15.9 Å². The Morgan fingerprint density at radius 1 is 1.15 bits per heavy atom. The Hall–Kier alpha value is -2.96. The van der Waals surface area contributed by atoms with Gasteiger partial charge in [0, 0.05) is 20.3 Å². The third kappa shape index (κ3) is 3.00. The second kappa shape index (κ2) is 7.11. The maximum absolute atomic E-state index is 12.8. The average Bonchev–Trinajstić information content (AvgIpc) is 2.68. The van der Waals surface area contributed by atoms with E-state index in [1.165, 1.54) is 11.9 Å². The van der Waals surface area contributed by atoms with Crippen molar-refractivity contribution in [1.82, 2.24) is 9.80 Å². The van der Waals surface area contributed by atoms with Crippen LogP contribution in [0.3, 0.4) is 0 Å². The predicted molar refractivity (Wildman–Crippen MR) is 99.4 cm³/mol. The molecule has 0 saturated carbocycles. The van der Waals surface area contributed by atoms with Gasteiger partial charge in [0.1, 0.15) is 17.5 Å². The summed E-state index contributed by atoms with van der Waals surface area (Å²) in [6.07, 6.45) is 2.42. The van der Waals surface area contributed by atoms with Crippen LogP contribution in [0.2, 0.25) is 0 Å². The van der Waals surface area contributed by atoms with Gasteiger partial charge >= 0.3 is 6.03 Å². The number of amidine groups is 1. The van der Waals surface area contributed by atoms with Crippen LogP contribution < -0.4 is 4.74 Å². The standard InChI is InChI=1S/C19H22N4O3/c1-5-13-11-21-17-15(18(24)23(3)19(25)22(17)2)16(13)20-10-12-6-8-14(26-4)9-7-12/h6-9,11,15H,5,10H2,1-4H3. The van der Waals surface area contributed by atoms with E-state index in [1.54, 1.807) is 20.4 Å². The molecule has 2 aliphatic heterocycles. The topological polar surface area (TPSA) is 74.6 Å². The lowest BCUT2D eigenvalue weighted by Crippen LogP contribution is -2.59. The van der Waals surface area contributed by atoms with Crippen LogP contribution in [0.4, 0.5) is 4.79 Å². The normalized spacial score (nSPS) is 21.5. The second-order valence-corrected chi connectivity index (χ2v) is 6.22. The minimum Gasteiger partial charge on any atom is -0.497 e. The van der Waals surface area contributed by atoms with E-state index in [2.05, 4.69) is 4.99 Å². The first kappa shape index (κ1) is 17.8. The van der Waals surface area contributed by atoms with Crippen LogP contribution in [0.15, 0.2) is 46.0 Å². The largest absolute Gasteiger partial charge is 0.497 e. The van der Waals surface area contributed by atoms with E-state index in [9.17, 15) is 9.59 Å². The van der Waals surface area contributed by atoms with Gasteiger partial charge in [-0.3, -0.25) is 19.6 Å². The van der Waals surface area contributed by atoms with Crippen molar-refractivity contribution in [3.8, 4) is 5.75 Å². The zero-order chi connectivity index (χ0) is 18.8. The summed E-state index contributed by atoms with van der Waals surface area (Å²) < 4.78 is 5.17. The lowest BCUT2D eigenvalue weighted by atomic mass is 9.89. The summed E-state index contributed by atoms with van der Waals surface area (Å²) in [7, 11) is 4.74. The number of amides is 3. The molecule has 1 aromatic carbocycles. The van der Waals surface area contributed by atoms with Crippen molar-refractivity contribution >= 4 is 23.5 Å². The maximum atomic E-state index is 12.8. The molecule has 0 spiro atoms. The molecule has 1 atom stereocenters. The number of benzene rings is 1. The lowest BCUT2D eigenvalue weighted by Gasteiger charge is -2.37. The van der Waals surface area contributed by atoms with Crippen molar-refractivity contribution in [2.75, 3.05) is 21.2 Å². The van der Waals surface area contributed by atoms with Gasteiger partial charge in [-0.05, 0) is 29.7 Å². The molecule has 136 valence electrons. The van der Waals surface area contributed by atoms with Crippen molar-refractivity contribution in [2.45, 2.75) is 19.9 Å². The number of methoxy groups -OCH3 is 1. The molecular formula is C19H22N4O3. The van der Waals surface area contributed by atoms with Crippen LogP contribution in [-0.4, -0.2) is 54.5 Å². The Labute approximate surface area is 152 Å². The highest BCUT2D eigenvalue weighted by Gasteiger charge is 2.45. The van der Waals surface area contributed by atoms with Gasteiger partial charge in [0.25, 0.3) is 0 Å². The van der Waals surface area contributed by atoms with Gasteiger partial charge in [-0.1, -0.05) is 19.1 Å². The molecule has 0 aromatic heterocycles. The second-order valence-electron chi connectivity index (χ2n) is 6.22. The number of rotatable bonds is 4. The summed E-state index contributed by atoms with van der Waals surface area (Å²) in [5.74, 6) is 0.288. The van der Waals surface area contributed by atoms with Gasteiger partial charge in [0.15, 0.2) is 0 Å². The molecule has 1 fully saturated rings. The van der Waals surface area contributed by atoms with Crippen LogP contribution >= 0.6 is 0 Å². The molecular weight excluding hydrogens is 332 g/mol. The summed E-state index contributed by atoms with van der Waals surface area (Å²) in [5, 5.41) is 0. The number of aliphatic imine (C=N–C) groups is 2. The molecule has 3 rings (SSSR count). The van der Waals surface area contributed by atoms with Crippen LogP contribution in [0.25, 0.3) is 0 Å². The first-order valence-electron chi connectivity index (χ1n) is 8.47. The molecule has 2 heterocycles. The summed E-state index contributed by atoms with van der Waals surface area (Å²) in [6.45, 7) is 2.44. The van der Waals surface area contributed by atoms with E-state index in [0.29, 0.717) is 24.5 Å². The van der Waals surface area contributed by atoms with Gasteiger partial charge in [-0.25, -0.2) is 9.79 Å². The molecule has 0 aliphatic carbocycles. The lowest BCUT2D eigenvalue weighted by molar-refractivity contribution is -0.128. The number of carbonyl (C=O) groups excluding carboxylic acids is 2. The third-order valence-corrected chi connectivity index (χ3v) is 4.68. The van der Waals surface area contributed by atoms with Gasteiger partial charge in [-0.2, -0.15) is 0 Å². The number of fused-ring (bicyclic) bond motifs is 1. The Balaban J connectivity index is 1.95. The van der Waals surface area contributed by atoms with E-state index in [0.717, 1.165) is 21.8 Å². The van der Waals surface area contributed by atoms with Gasteiger partial charge in [0.05, 0.1) is 19.4 Å². The van der Waals surface area contributed by atoms with Gasteiger partial charge in [0.2, 0.25) is 5.91 Å². The number of ether oxygens (including phenoxy) is 1. The predicted octanol–water partition coefficient (Wildman–Crippen LogP) is 2.48. The molecule has 7 heteroatoms. The fourth-order valence-electron chi connectivity index (χ4n) is 3.08. The van der Waals surface area contributed by atoms with E-state index in [-0.39, 0.29) is 11.9 Å². The molecule has 1 unspecified atom stereocenters. The molecule has 2 aliphatic rings. The monoisotopic (exact) mass is 354 g/mol. The number of hydrogen-bond donors (Lipinski definition) is 0. The van der Waals surface area contributed by atoms with Crippen molar-refractivity contribution in [3.63, 3.8) is 0 Å². The number of nitrogens with zero attached hydrogens (tertiary/aromatic N) is 4. The minimum atomic E-state index is -0.638. The fourth-order valence-corrected chi connectivity index (χ4v) is 3.08. The number of urea groups is 1. The molecule has 3 amide bonds. The van der Waals surface area contributed by atoms with E-state index >= 15 is 0 Å². The van der Waals surface area contributed by atoms with E-state index in [4.69, 9.17) is 9.73 Å². The number of hydrogen-bond acceptors (Lipinski definition) is 5. The Morgan fingerprint density at radius 2 is 1.85 bits per heavy atom. The maximum Gasteiger partial charge on any atom is 0.331 e. The van der Waals surface area contributed by atoms with E-state index < -0.39 is 5.92 Å². The highest BCUT2D eigenvalue weighted by Crippen LogP contribution is 2.27. The molecule has 1 saturated heterocycles. The van der Waals surface area contributed by atoms with Crippen LogP contribution in [0.1, 0.15) is 18.9 Å². The van der Waals surface area contributed by atoms with Gasteiger partial charge in [-0.15, -0.1) is 0 Å². The average molecular weight is 354 g/mol. The summed E-state index contributed by atoms with van der Waals surface area (Å²) in [6, 6.07) is 7.27. The molecule has 26 heavy (non-hydrogen) atoms. The molecule has 1 aromatic rings. The smallest absolute Gasteiger partial charge is 0.331 e. The summed E-state index contributed by atoms with van der Waals surface area (Å²) in [4.78, 5) is 36.6. The van der Waals surface area contributed by atoms with Gasteiger partial charge < -0.3 is 4.74 Å². The Bertz CT molecular complexity index is 824. The van der Waals surface area contributed by atoms with Crippen LogP contribution in [0, 0.1) is 5.92 Å². The van der Waals surface area contributed by atoms with Crippen LogP contribution in [-0.2, 0) is 11.3 Å². The Kier molecular flexibility index (Phi) is 4.88. The molecule has 7 nitrogen and oxygen atoms in total. The zero-order valence-corrected chi connectivity index (χ0v) is 15.4. The van der Waals surface area contributed by atoms with Crippen molar-refractivity contribution in [1.29, 1.82) is 0 Å². The third-order valence-electron chi connectivity index (χ3n) is 4.68. The highest BCUT2D eigenvalue weighted by atomic mass is 16.5. The quantitative estimate of drug-likeness (QED) is 0.834. The number of imide groups is 1. The molecule has 0 bridgehead atoms. The summed E-state index contributed by atoms with van der Waals surface area (Å²) in [5.41, 5.74) is 2.61. The van der Waals surface area contributed by atoms with Crippen molar-refractivity contribution in [3.05, 3.63) is 41.6 Å². The molecule has 0 radical (unpaired) electrons. The number of allylic oxidation sites excluding steroid dienone is 1. The minimum absolute atomic E-state index is 0.292. The zero-order valence-electron chi connectivity index (χ0n) is 15.4. The highest BCUT2D eigenvalue weighted by molar-refractivity contribution is 6.33. The Morgan fingerprint density at radius 3 is 2.46 bits per heavy atom. The van der Waals surface area contributed by atoms with E-state index in [1.807, 2.05) is 31.2 Å². The first-order valence-corrected chi connectivity index (χ1v) is 8.47. The summed E-state index contributed by atoms with van der Waals surface area (Å²) >= 11 is 0. The number of carbonyl (C=O) groups is 2. The molecule has 0 N–H and O–H groups in total.